The Morgan fingerprint density at radius 3 is 2.67 bits per heavy atom. The minimum absolute atomic E-state index is 0.248. The Balaban J connectivity index is 2.00. The number of aryl methyl sites for hydroxylation is 1. The molecule has 1 amide bonds. The van der Waals surface area contributed by atoms with Crippen molar-refractivity contribution in [3.8, 4) is 0 Å². The van der Waals surface area contributed by atoms with Gasteiger partial charge >= 0.3 is 0 Å². The lowest BCUT2D eigenvalue weighted by Gasteiger charge is -2.00. The van der Waals surface area contributed by atoms with Gasteiger partial charge in [-0.25, -0.2) is 5.43 Å². The summed E-state index contributed by atoms with van der Waals surface area (Å²) in [6, 6.07) is 11.1. The van der Waals surface area contributed by atoms with Crippen molar-refractivity contribution < 1.29 is 4.79 Å². The molecule has 0 unspecified atom stereocenters. The molecule has 1 N–H and O–H groups in total. The molecule has 1 heterocycles. The number of carbonyl (C=O) groups excluding carboxylic acids is 1. The smallest absolute Gasteiger partial charge is 0.267 e. The van der Waals surface area contributed by atoms with Gasteiger partial charge in [-0.1, -0.05) is 24.3 Å². The number of hydrogen-bond acceptors (Lipinski definition) is 3. The first-order chi connectivity index (χ1) is 8.77. The molecule has 0 saturated carbocycles. The van der Waals surface area contributed by atoms with E-state index in [2.05, 4.69) is 15.5 Å². The van der Waals surface area contributed by atoms with Gasteiger partial charge in [0.2, 0.25) is 0 Å². The highest BCUT2D eigenvalue weighted by Crippen LogP contribution is 2.03. The van der Waals surface area contributed by atoms with Gasteiger partial charge in [0, 0.05) is 18.0 Å². The molecule has 4 nitrogen and oxygen atoms in total. The van der Waals surface area contributed by atoms with Crippen LogP contribution >= 0.6 is 0 Å². The second-order valence-electron chi connectivity index (χ2n) is 3.79. The van der Waals surface area contributed by atoms with Crippen LogP contribution in [0.5, 0.6) is 0 Å². The topological polar surface area (TPSA) is 54.4 Å². The monoisotopic (exact) mass is 239 g/mol. The number of nitrogens with one attached hydrogen (secondary N) is 1. The minimum atomic E-state index is -0.248. The lowest BCUT2D eigenvalue weighted by Crippen LogP contribution is -2.17. The highest BCUT2D eigenvalue weighted by Gasteiger charge is 2.01. The quantitative estimate of drug-likeness (QED) is 0.659. The molecule has 1 aromatic heterocycles. The molecule has 2 aromatic rings. The molecule has 18 heavy (non-hydrogen) atoms. The van der Waals surface area contributed by atoms with Crippen LogP contribution in [0, 0.1) is 6.92 Å². The summed E-state index contributed by atoms with van der Waals surface area (Å²) in [5.41, 5.74) is 5.10. The van der Waals surface area contributed by atoms with Crippen LogP contribution in [-0.2, 0) is 0 Å². The normalized spacial score (nSPS) is 10.5. The summed E-state index contributed by atoms with van der Waals surface area (Å²) in [5.74, 6) is -0.248. The second-order valence-corrected chi connectivity index (χ2v) is 3.79. The van der Waals surface area contributed by atoms with Gasteiger partial charge in [-0.15, -0.1) is 0 Å². The van der Waals surface area contributed by atoms with E-state index in [9.17, 15) is 4.79 Å². The maximum absolute atomic E-state index is 11.7. The minimum Gasteiger partial charge on any atom is -0.267 e. The van der Waals surface area contributed by atoms with Gasteiger partial charge in [-0.05, 0) is 30.2 Å². The summed E-state index contributed by atoms with van der Waals surface area (Å²) in [6.45, 7) is 1.99. The van der Waals surface area contributed by atoms with E-state index in [-0.39, 0.29) is 5.91 Å². The summed E-state index contributed by atoms with van der Waals surface area (Å²) in [5, 5.41) is 3.93. The molecule has 0 spiro atoms. The predicted octanol–water partition coefficient (Wildman–Crippen LogP) is 2.15. The van der Waals surface area contributed by atoms with Gasteiger partial charge in [0.05, 0.1) is 6.21 Å². The molecular formula is C14H13N3O. The Hall–Kier alpha value is -2.49. The standard InChI is InChI=1S/C14H13N3O/c1-11-4-2-3-5-13(11)10-16-17-14(18)12-6-8-15-9-7-12/h2-10H,1H3,(H,17,18)/b16-10+. The van der Waals surface area contributed by atoms with Gasteiger partial charge in [-0.3, -0.25) is 9.78 Å². The van der Waals surface area contributed by atoms with E-state index in [0.29, 0.717) is 5.56 Å². The Morgan fingerprint density at radius 1 is 1.22 bits per heavy atom. The number of hydrogen-bond donors (Lipinski definition) is 1. The maximum Gasteiger partial charge on any atom is 0.271 e. The summed E-state index contributed by atoms with van der Waals surface area (Å²) in [4.78, 5) is 15.5. The molecule has 0 fully saturated rings. The molecule has 0 aliphatic heterocycles. The molecule has 2 rings (SSSR count). The SMILES string of the molecule is Cc1ccccc1/C=N/NC(=O)c1ccncc1. The third-order valence-electron chi connectivity index (χ3n) is 2.50. The van der Waals surface area contributed by atoms with E-state index in [4.69, 9.17) is 0 Å². The van der Waals surface area contributed by atoms with Crippen LogP contribution in [0.2, 0.25) is 0 Å². The van der Waals surface area contributed by atoms with Crippen molar-refractivity contribution in [2.45, 2.75) is 6.92 Å². The highest BCUT2D eigenvalue weighted by atomic mass is 16.2. The van der Waals surface area contributed by atoms with E-state index in [0.717, 1.165) is 11.1 Å². The van der Waals surface area contributed by atoms with Crippen LogP contribution in [-0.4, -0.2) is 17.1 Å². The van der Waals surface area contributed by atoms with Gasteiger partial charge in [0.25, 0.3) is 5.91 Å². The molecule has 1 aromatic carbocycles. The number of nitrogens with zero attached hydrogens (tertiary/aromatic N) is 2. The fourth-order valence-electron chi connectivity index (χ4n) is 1.46. The first-order valence-electron chi connectivity index (χ1n) is 5.56. The largest absolute Gasteiger partial charge is 0.271 e. The van der Waals surface area contributed by atoms with Crippen molar-refractivity contribution >= 4 is 12.1 Å². The van der Waals surface area contributed by atoms with Crippen molar-refractivity contribution in [2.75, 3.05) is 0 Å². The van der Waals surface area contributed by atoms with Crippen LogP contribution in [0.1, 0.15) is 21.5 Å². The van der Waals surface area contributed by atoms with E-state index in [1.165, 1.54) is 0 Å². The van der Waals surface area contributed by atoms with Gasteiger partial charge in [-0.2, -0.15) is 5.10 Å². The average Bonchev–Trinajstić information content (AvgIpc) is 2.42. The number of rotatable bonds is 3. The van der Waals surface area contributed by atoms with Crippen LogP contribution in [0.25, 0.3) is 0 Å². The molecule has 0 saturated heterocycles. The van der Waals surface area contributed by atoms with E-state index in [1.807, 2.05) is 31.2 Å². The van der Waals surface area contributed by atoms with E-state index < -0.39 is 0 Å². The lowest BCUT2D eigenvalue weighted by atomic mass is 10.1. The number of amides is 1. The van der Waals surface area contributed by atoms with Crippen molar-refractivity contribution in [2.24, 2.45) is 5.10 Å². The van der Waals surface area contributed by atoms with Crippen LogP contribution in [0.3, 0.4) is 0 Å². The lowest BCUT2D eigenvalue weighted by molar-refractivity contribution is 0.0955. The third-order valence-corrected chi connectivity index (χ3v) is 2.50. The maximum atomic E-state index is 11.7. The third kappa shape index (κ3) is 3.01. The first-order valence-corrected chi connectivity index (χ1v) is 5.56. The number of benzene rings is 1. The van der Waals surface area contributed by atoms with E-state index >= 15 is 0 Å². The predicted molar refractivity (Wildman–Crippen MR) is 70.5 cm³/mol. The Morgan fingerprint density at radius 2 is 1.94 bits per heavy atom. The molecule has 4 heteroatoms. The van der Waals surface area contributed by atoms with Gasteiger partial charge < -0.3 is 0 Å². The zero-order valence-electron chi connectivity index (χ0n) is 10.00. The zero-order valence-corrected chi connectivity index (χ0v) is 10.00. The van der Waals surface area contributed by atoms with Crippen LogP contribution < -0.4 is 5.43 Å². The molecule has 0 aliphatic rings. The van der Waals surface area contributed by atoms with Crippen molar-refractivity contribution in [3.63, 3.8) is 0 Å². The second kappa shape index (κ2) is 5.72. The molecular weight excluding hydrogens is 226 g/mol. The molecule has 0 radical (unpaired) electrons. The summed E-state index contributed by atoms with van der Waals surface area (Å²) >= 11 is 0. The fourth-order valence-corrected chi connectivity index (χ4v) is 1.46. The summed E-state index contributed by atoms with van der Waals surface area (Å²) in [6.07, 6.45) is 4.77. The fraction of sp³-hybridized carbons (Fsp3) is 0.0714. The van der Waals surface area contributed by atoms with E-state index in [1.54, 1.807) is 30.7 Å². The van der Waals surface area contributed by atoms with Crippen molar-refractivity contribution in [1.29, 1.82) is 0 Å². The highest BCUT2D eigenvalue weighted by molar-refractivity contribution is 5.94. The van der Waals surface area contributed by atoms with Crippen LogP contribution in [0.4, 0.5) is 0 Å². The first kappa shape index (κ1) is 12.0. The van der Waals surface area contributed by atoms with Gasteiger partial charge in [0.15, 0.2) is 0 Å². The number of hydrazone groups is 1. The summed E-state index contributed by atoms with van der Waals surface area (Å²) < 4.78 is 0. The van der Waals surface area contributed by atoms with Crippen molar-refractivity contribution in [1.82, 2.24) is 10.4 Å². The van der Waals surface area contributed by atoms with Crippen molar-refractivity contribution in [3.05, 3.63) is 65.5 Å². The molecule has 0 aliphatic carbocycles. The Kier molecular flexibility index (Phi) is 3.81. The molecule has 0 bridgehead atoms. The van der Waals surface area contributed by atoms with Crippen LogP contribution in [0.15, 0.2) is 53.9 Å². The average molecular weight is 239 g/mol. The number of pyridine rings is 1. The number of carbonyl (C=O) groups is 1. The zero-order chi connectivity index (χ0) is 12.8. The summed E-state index contributed by atoms with van der Waals surface area (Å²) in [7, 11) is 0. The number of aromatic nitrogens is 1. The molecule has 0 atom stereocenters. The molecule has 90 valence electrons. The van der Waals surface area contributed by atoms with Gasteiger partial charge in [0.1, 0.15) is 0 Å². The Bertz CT molecular complexity index is 564. The Labute approximate surface area is 105 Å².